The number of rotatable bonds is 6. The summed E-state index contributed by atoms with van der Waals surface area (Å²) in [6.45, 7) is 0.0740. The third-order valence-electron chi connectivity index (χ3n) is 2.23. The molecule has 92 valence electrons. The Bertz CT molecular complexity index is 433. The molecule has 0 aliphatic rings. The molecule has 0 aromatic heterocycles. The van der Waals surface area contributed by atoms with Gasteiger partial charge in [0, 0.05) is 25.7 Å². The van der Waals surface area contributed by atoms with Crippen LogP contribution in [0.4, 0.5) is 5.69 Å². The third-order valence-corrected chi connectivity index (χ3v) is 2.58. The van der Waals surface area contributed by atoms with Crippen LogP contribution in [0.3, 0.4) is 0 Å². The Kier molecular flexibility index (Phi) is 5.06. The van der Waals surface area contributed by atoms with Crippen LogP contribution in [-0.4, -0.2) is 24.4 Å². The average Bonchev–Trinajstić information content (AvgIpc) is 2.27. The van der Waals surface area contributed by atoms with E-state index in [1.165, 1.54) is 19.2 Å². The first kappa shape index (κ1) is 13.6. The van der Waals surface area contributed by atoms with E-state index in [4.69, 9.17) is 16.3 Å². The number of methoxy groups -OCH3 is 1. The van der Waals surface area contributed by atoms with E-state index >= 15 is 0 Å². The molecule has 0 aliphatic carbocycles. The number of nitrogens with zero attached hydrogens (tertiary/aromatic N) is 1. The maximum Gasteiger partial charge on any atom is 0.270 e. The first-order chi connectivity index (χ1) is 8.04. The highest BCUT2D eigenvalue weighted by Crippen LogP contribution is 2.23. The largest absolute Gasteiger partial charge is 0.377 e. The maximum atomic E-state index is 11.2. The van der Waals surface area contributed by atoms with Gasteiger partial charge in [0.1, 0.15) is 6.61 Å². The highest BCUT2D eigenvalue weighted by atomic mass is 35.5. The van der Waals surface area contributed by atoms with Crippen LogP contribution in [0.15, 0.2) is 18.2 Å². The summed E-state index contributed by atoms with van der Waals surface area (Å²) in [6, 6.07) is 4.24. The maximum absolute atomic E-state index is 11.2. The summed E-state index contributed by atoms with van der Waals surface area (Å²) in [5.74, 6) is -0.0260. The summed E-state index contributed by atoms with van der Waals surface area (Å²) in [7, 11) is 1.46. The predicted molar refractivity (Wildman–Crippen MR) is 63.3 cm³/mol. The first-order valence-electron chi connectivity index (χ1n) is 4.98. The zero-order valence-corrected chi connectivity index (χ0v) is 10.1. The molecule has 0 unspecified atom stereocenters. The monoisotopic (exact) mass is 257 g/mol. The van der Waals surface area contributed by atoms with Crippen molar-refractivity contribution >= 4 is 23.1 Å². The predicted octanol–water partition coefficient (Wildman–Crippen LogP) is 2.40. The minimum atomic E-state index is -0.508. The lowest BCUT2D eigenvalue weighted by Gasteiger charge is -2.03. The van der Waals surface area contributed by atoms with E-state index in [1.807, 2.05) is 0 Å². The number of aryl methyl sites for hydroxylation is 1. The molecular formula is C11H12ClNO4. The molecule has 0 atom stereocenters. The van der Waals surface area contributed by atoms with Crippen LogP contribution < -0.4 is 0 Å². The molecule has 6 heteroatoms. The normalized spacial score (nSPS) is 10.2. The minimum absolute atomic E-state index is 0.0260. The number of hydrogen-bond donors (Lipinski definition) is 0. The topological polar surface area (TPSA) is 69.4 Å². The van der Waals surface area contributed by atoms with E-state index in [1.54, 1.807) is 6.07 Å². The summed E-state index contributed by atoms with van der Waals surface area (Å²) in [4.78, 5) is 21.2. The van der Waals surface area contributed by atoms with E-state index in [-0.39, 0.29) is 18.1 Å². The molecule has 0 bridgehead atoms. The van der Waals surface area contributed by atoms with Gasteiger partial charge in [0.25, 0.3) is 5.69 Å². The number of carbonyl (C=O) groups is 1. The van der Waals surface area contributed by atoms with Crippen LogP contribution in [0.5, 0.6) is 0 Å². The molecule has 0 saturated carbocycles. The molecule has 0 amide bonds. The van der Waals surface area contributed by atoms with Gasteiger partial charge in [-0.1, -0.05) is 17.7 Å². The number of Topliss-reactive ketones (excluding diaryl/α,β-unsaturated/α-hetero) is 1. The van der Waals surface area contributed by atoms with Crippen LogP contribution >= 0.6 is 11.6 Å². The molecule has 0 aliphatic heterocycles. The summed E-state index contributed by atoms with van der Waals surface area (Å²) < 4.78 is 4.70. The smallest absolute Gasteiger partial charge is 0.270 e. The number of carbonyl (C=O) groups excluding carboxylic acids is 1. The van der Waals surface area contributed by atoms with Gasteiger partial charge in [0.15, 0.2) is 5.78 Å². The Balaban J connectivity index is 2.66. The number of nitro benzene ring substituents is 1. The van der Waals surface area contributed by atoms with Crippen molar-refractivity contribution in [3.63, 3.8) is 0 Å². The standard InChI is InChI=1S/C11H12ClNO4/c1-17-7-10(14)5-3-8-2-4-9(13(15)16)6-11(8)12/h2,4,6H,3,5,7H2,1H3. The first-order valence-corrected chi connectivity index (χ1v) is 5.36. The highest BCUT2D eigenvalue weighted by Gasteiger charge is 2.10. The Morgan fingerprint density at radius 3 is 2.76 bits per heavy atom. The minimum Gasteiger partial charge on any atom is -0.377 e. The fourth-order valence-electron chi connectivity index (χ4n) is 1.36. The van der Waals surface area contributed by atoms with Gasteiger partial charge in [0.2, 0.25) is 0 Å². The Labute approximate surface area is 103 Å². The molecule has 0 saturated heterocycles. The van der Waals surface area contributed by atoms with Crippen molar-refractivity contribution < 1.29 is 14.5 Å². The van der Waals surface area contributed by atoms with Crippen LogP contribution in [0.2, 0.25) is 5.02 Å². The number of hydrogen-bond acceptors (Lipinski definition) is 4. The lowest BCUT2D eigenvalue weighted by Crippen LogP contribution is -2.07. The van der Waals surface area contributed by atoms with E-state index in [0.29, 0.717) is 17.9 Å². The summed E-state index contributed by atoms with van der Waals surface area (Å²) in [5, 5.41) is 10.8. The van der Waals surface area contributed by atoms with Gasteiger partial charge in [0.05, 0.1) is 9.95 Å². The second-order valence-electron chi connectivity index (χ2n) is 3.50. The van der Waals surface area contributed by atoms with Crippen LogP contribution in [0.25, 0.3) is 0 Å². The quantitative estimate of drug-likeness (QED) is 0.580. The van der Waals surface area contributed by atoms with Gasteiger partial charge < -0.3 is 4.74 Å². The van der Waals surface area contributed by atoms with Crippen LogP contribution in [0.1, 0.15) is 12.0 Å². The fourth-order valence-corrected chi connectivity index (χ4v) is 1.63. The van der Waals surface area contributed by atoms with Gasteiger partial charge in [-0.05, 0) is 12.0 Å². The molecule has 0 radical (unpaired) electrons. The Morgan fingerprint density at radius 2 is 2.24 bits per heavy atom. The van der Waals surface area contributed by atoms with Crippen molar-refractivity contribution in [2.24, 2.45) is 0 Å². The zero-order chi connectivity index (χ0) is 12.8. The number of nitro groups is 1. The number of non-ortho nitro benzene ring substituents is 1. The molecule has 1 rings (SSSR count). The Hall–Kier alpha value is -1.46. The lowest BCUT2D eigenvalue weighted by molar-refractivity contribution is -0.384. The summed E-state index contributed by atoms with van der Waals surface area (Å²) >= 11 is 5.89. The van der Waals surface area contributed by atoms with Crippen LogP contribution in [0, 0.1) is 10.1 Å². The van der Waals surface area contributed by atoms with Crippen LogP contribution in [-0.2, 0) is 16.0 Å². The van der Waals surface area contributed by atoms with Gasteiger partial charge in [-0.25, -0.2) is 0 Å². The molecule has 0 heterocycles. The summed E-state index contributed by atoms with van der Waals surface area (Å²) in [5.41, 5.74) is 0.670. The van der Waals surface area contributed by atoms with Crippen molar-refractivity contribution in [1.82, 2.24) is 0 Å². The van der Waals surface area contributed by atoms with Gasteiger partial charge in [-0.15, -0.1) is 0 Å². The SMILES string of the molecule is COCC(=O)CCc1ccc([N+](=O)[O-])cc1Cl. The van der Waals surface area contributed by atoms with E-state index < -0.39 is 4.92 Å². The number of ketones is 1. The molecule has 0 fully saturated rings. The molecule has 17 heavy (non-hydrogen) atoms. The van der Waals surface area contributed by atoms with Gasteiger partial charge in [-0.2, -0.15) is 0 Å². The van der Waals surface area contributed by atoms with E-state index in [9.17, 15) is 14.9 Å². The van der Waals surface area contributed by atoms with Crippen molar-refractivity contribution in [1.29, 1.82) is 0 Å². The number of halogens is 1. The molecule has 5 nitrogen and oxygen atoms in total. The fraction of sp³-hybridized carbons (Fsp3) is 0.364. The van der Waals surface area contributed by atoms with Crippen molar-refractivity contribution in [3.8, 4) is 0 Å². The van der Waals surface area contributed by atoms with Crippen molar-refractivity contribution in [2.75, 3.05) is 13.7 Å². The van der Waals surface area contributed by atoms with E-state index in [2.05, 4.69) is 0 Å². The van der Waals surface area contributed by atoms with Crippen molar-refractivity contribution in [3.05, 3.63) is 38.9 Å². The molecule has 0 N–H and O–H groups in total. The third kappa shape index (κ3) is 4.13. The second kappa shape index (κ2) is 6.32. The average molecular weight is 258 g/mol. The number of benzene rings is 1. The number of ether oxygens (including phenoxy) is 1. The van der Waals surface area contributed by atoms with Gasteiger partial charge in [-0.3, -0.25) is 14.9 Å². The van der Waals surface area contributed by atoms with Gasteiger partial charge >= 0.3 is 0 Å². The Morgan fingerprint density at radius 1 is 1.53 bits per heavy atom. The summed E-state index contributed by atoms with van der Waals surface area (Å²) in [6.07, 6.45) is 0.768. The lowest BCUT2D eigenvalue weighted by atomic mass is 10.1. The molecule has 1 aromatic carbocycles. The zero-order valence-electron chi connectivity index (χ0n) is 9.31. The van der Waals surface area contributed by atoms with Crippen molar-refractivity contribution in [2.45, 2.75) is 12.8 Å². The second-order valence-corrected chi connectivity index (χ2v) is 3.91. The molecule has 0 spiro atoms. The van der Waals surface area contributed by atoms with E-state index in [0.717, 1.165) is 5.56 Å². The molecule has 1 aromatic rings. The highest BCUT2D eigenvalue weighted by molar-refractivity contribution is 6.31. The molecular weight excluding hydrogens is 246 g/mol.